The Morgan fingerprint density at radius 1 is 1.03 bits per heavy atom. The zero-order valence-corrected chi connectivity index (χ0v) is 17.3. The van der Waals surface area contributed by atoms with Gasteiger partial charge in [0.25, 0.3) is 5.91 Å². The van der Waals surface area contributed by atoms with Crippen LogP contribution in [0.3, 0.4) is 0 Å². The van der Waals surface area contributed by atoms with Crippen LogP contribution in [0.4, 0.5) is 5.82 Å². The maximum atomic E-state index is 12.9. The van der Waals surface area contributed by atoms with Gasteiger partial charge in [-0.25, -0.2) is 4.68 Å². The number of amides is 2. The quantitative estimate of drug-likeness (QED) is 0.683. The number of likely N-dealkylation sites (tertiary alicyclic amines) is 1. The number of nitrogens with one attached hydrogen (secondary N) is 1. The summed E-state index contributed by atoms with van der Waals surface area (Å²) in [5.74, 6) is 0.451. The van der Waals surface area contributed by atoms with Gasteiger partial charge in [-0.1, -0.05) is 54.6 Å². The Bertz CT molecular complexity index is 1040. The van der Waals surface area contributed by atoms with E-state index in [-0.39, 0.29) is 18.2 Å². The highest BCUT2D eigenvalue weighted by Gasteiger charge is 2.49. The molecule has 0 aliphatic carbocycles. The average molecular weight is 402 g/mol. The van der Waals surface area contributed by atoms with Gasteiger partial charge in [-0.3, -0.25) is 9.59 Å². The highest BCUT2D eigenvalue weighted by atomic mass is 16.2. The molecule has 1 N–H and O–H groups in total. The number of anilines is 1. The van der Waals surface area contributed by atoms with Gasteiger partial charge in [0.05, 0.1) is 12.6 Å². The minimum absolute atomic E-state index is 0.0321. The van der Waals surface area contributed by atoms with Crippen LogP contribution in [0.1, 0.15) is 25.8 Å². The summed E-state index contributed by atoms with van der Waals surface area (Å²) < 4.78 is 1.72. The zero-order valence-electron chi connectivity index (χ0n) is 17.3. The molecule has 6 nitrogen and oxygen atoms in total. The first-order valence-electron chi connectivity index (χ1n) is 10.3. The molecule has 2 aromatic carbocycles. The SMILES string of the molecule is CCn1nccc1NC(=O)C1(C)CCN1C(=O)Cc1ccc(-c2ccccc2)cc1. The third kappa shape index (κ3) is 3.73. The highest BCUT2D eigenvalue weighted by molar-refractivity contribution is 6.01. The van der Waals surface area contributed by atoms with Gasteiger partial charge < -0.3 is 10.2 Å². The number of carbonyl (C=O) groups excluding carboxylic acids is 2. The molecule has 1 aliphatic rings. The predicted molar refractivity (Wildman–Crippen MR) is 117 cm³/mol. The van der Waals surface area contributed by atoms with Crippen LogP contribution in [0.2, 0.25) is 0 Å². The molecule has 1 unspecified atom stereocenters. The fourth-order valence-electron chi connectivity index (χ4n) is 3.85. The Morgan fingerprint density at radius 3 is 2.37 bits per heavy atom. The summed E-state index contributed by atoms with van der Waals surface area (Å²) in [6.07, 6.45) is 2.59. The Balaban J connectivity index is 1.41. The summed E-state index contributed by atoms with van der Waals surface area (Å²) in [5, 5.41) is 7.10. The summed E-state index contributed by atoms with van der Waals surface area (Å²) in [4.78, 5) is 27.5. The lowest BCUT2D eigenvalue weighted by Gasteiger charge is -2.49. The second-order valence-electron chi connectivity index (χ2n) is 7.80. The van der Waals surface area contributed by atoms with Crippen LogP contribution in [-0.2, 0) is 22.6 Å². The lowest BCUT2D eigenvalue weighted by molar-refractivity contribution is -0.154. The molecular formula is C24H26N4O2. The largest absolute Gasteiger partial charge is 0.328 e. The summed E-state index contributed by atoms with van der Waals surface area (Å²) in [6, 6.07) is 19.9. The summed E-state index contributed by atoms with van der Waals surface area (Å²) in [5.41, 5.74) is 2.38. The lowest BCUT2D eigenvalue weighted by atomic mass is 9.85. The molecule has 6 heteroatoms. The van der Waals surface area contributed by atoms with Crippen molar-refractivity contribution in [2.75, 3.05) is 11.9 Å². The van der Waals surface area contributed by atoms with E-state index in [1.807, 2.05) is 56.3 Å². The van der Waals surface area contributed by atoms with Crippen LogP contribution in [0.25, 0.3) is 11.1 Å². The molecule has 2 heterocycles. The van der Waals surface area contributed by atoms with E-state index in [4.69, 9.17) is 0 Å². The van der Waals surface area contributed by atoms with E-state index in [1.54, 1.807) is 21.8 Å². The van der Waals surface area contributed by atoms with E-state index in [9.17, 15) is 9.59 Å². The van der Waals surface area contributed by atoms with E-state index in [1.165, 1.54) is 0 Å². The Labute approximate surface area is 176 Å². The van der Waals surface area contributed by atoms with Crippen molar-refractivity contribution in [1.29, 1.82) is 0 Å². The van der Waals surface area contributed by atoms with E-state index in [2.05, 4.69) is 22.5 Å². The molecule has 0 spiro atoms. The third-order valence-electron chi connectivity index (χ3n) is 5.88. The number of rotatable bonds is 6. The van der Waals surface area contributed by atoms with Crippen molar-refractivity contribution in [3.63, 3.8) is 0 Å². The fraction of sp³-hybridized carbons (Fsp3) is 0.292. The molecule has 4 rings (SSSR count). The van der Waals surface area contributed by atoms with Crippen LogP contribution in [0.15, 0.2) is 66.9 Å². The molecule has 1 saturated heterocycles. The number of aromatic nitrogens is 2. The smallest absolute Gasteiger partial charge is 0.251 e. The van der Waals surface area contributed by atoms with Gasteiger partial charge in [-0.15, -0.1) is 0 Å². The molecule has 30 heavy (non-hydrogen) atoms. The molecule has 1 fully saturated rings. The van der Waals surface area contributed by atoms with Gasteiger partial charge in [0.1, 0.15) is 11.4 Å². The van der Waals surface area contributed by atoms with E-state index in [0.717, 1.165) is 16.7 Å². The maximum Gasteiger partial charge on any atom is 0.251 e. The predicted octanol–water partition coefficient (Wildman–Crippen LogP) is 3.74. The van der Waals surface area contributed by atoms with Crippen molar-refractivity contribution in [1.82, 2.24) is 14.7 Å². The van der Waals surface area contributed by atoms with Crippen molar-refractivity contribution in [2.45, 2.75) is 38.8 Å². The first kappa shape index (κ1) is 19.9. The maximum absolute atomic E-state index is 12.9. The average Bonchev–Trinajstić information content (AvgIpc) is 3.20. The van der Waals surface area contributed by atoms with Crippen molar-refractivity contribution in [3.8, 4) is 11.1 Å². The van der Waals surface area contributed by atoms with Crippen LogP contribution in [-0.4, -0.2) is 38.6 Å². The Hall–Kier alpha value is -3.41. The fourth-order valence-corrected chi connectivity index (χ4v) is 3.85. The molecule has 1 aliphatic heterocycles. The molecular weight excluding hydrogens is 376 g/mol. The molecule has 0 saturated carbocycles. The number of nitrogens with zero attached hydrogens (tertiary/aromatic N) is 3. The molecule has 3 aromatic rings. The molecule has 154 valence electrons. The van der Waals surface area contributed by atoms with Crippen molar-refractivity contribution >= 4 is 17.6 Å². The van der Waals surface area contributed by atoms with Crippen molar-refractivity contribution in [3.05, 3.63) is 72.4 Å². The normalized spacial score (nSPS) is 18.0. The van der Waals surface area contributed by atoms with Crippen LogP contribution in [0.5, 0.6) is 0 Å². The monoisotopic (exact) mass is 402 g/mol. The van der Waals surface area contributed by atoms with E-state index in [0.29, 0.717) is 25.3 Å². The molecule has 2 amide bonds. The van der Waals surface area contributed by atoms with Gasteiger partial charge in [0.2, 0.25) is 5.91 Å². The Kier molecular flexibility index (Phi) is 5.40. The molecule has 1 atom stereocenters. The first-order valence-corrected chi connectivity index (χ1v) is 10.3. The summed E-state index contributed by atoms with van der Waals surface area (Å²) in [6.45, 7) is 5.06. The summed E-state index contributed by atoms with van der Waals surface area (Å²) >= 11 is 0. The van der Waals surface area contributed by atoms with Crippen molar-refractivity contribution in [2.24, 2.45) is 0 Å². The highest BCUT2D eigenvalue weighted by Crippen LogP contribution is 2.32. The standard InChI is InChI=1S/C24H26N4O2/c1-3-28-21(13-15-25-28)26-23(30)24(2)14-16-27(24)22(29)17-18-9-11-20(12-10-18)19-7-5-4-6-8-19/h4-13,15H,3,14,16-17H2,1-2H3,(H,26,30). The first-order chi connectivity index (χ1) is 14.5. The second-order valence-corrected chi connectivity index (χ2v) is 7.80. The van der Waals surface area contributed by atoms with Gasteiger partial charge >= 0.3 is 0 Å². The van der Waals surface area contributed by atoms with Crippen molar-refractivity contribution < 1.29 is 9.59 Å². The minimum atomic E-state index is -0.829. The van der Waals surface area contributed by atoms with Crippen LogP contribution < -0.4 is 5.32 Å². The van der Waals surface area contributed by atoms with Gasteiger partial charge in [0, 0.05) is 19.2 Å². The number of hydrogen-bond acceptors (Lipinski definition) is 3. The summed E-state index contributed by atoms with van der Waals surface area (Å²) in [7, 11) is 0. The minimum Gasteiger partial charge on any atom is -0.328 e. The number of hydrogen-bond donors (Lipinski definition) is 1. The number of aryl methyl sites for hydroxylation is 1. The van der Waals surface area contributed by atoms with E-state index < -0.39 is 5.54 Å². The molecule has 0 bridgehead atoms. The van der Waals surface area contributed by atoms with Crippen LogP contribution >= 0.6 is 0 Å². The zero-order chi connectivity index (χ0) is 21.1. The van der Waals surface area contributed by atoms with Crippen LogP contribution in [0, 0.1) is 0 Å². The number of carbonyl (C=O) groups is 2. The van der Waals surface area contributed by atoms with Gasteiger partial charge in [-0.05, 0) is 37.0 Å². The second kappa shape index (κ2) is 8.14. The number of benzene rings is 2. The lowest BCUT2D eigenvalue weighted by Crippen LogP contribution is -2.66. The molecule has 1 aromatic heterocycles. The van der Waals surface area contributed by atoms with E-state index >= 15 is 0 Å². The third-order valence-corrected chi connectivity index (χ3v) is 5.88. The van der Waals surface area contributed by atoms with Gasteiger partial charge in [-0.2, -0.15) is 5.10 Å². The topological polar surface area (TPSA) is 67.2 Å². The Morgan fingerprint density at radius 2 is 1.73 bits per heavy atom. The molecule has 0 radical (unpaired) electrons. The van der Waals surface area contributed by atoms with Gasteiger partial charge in [0.15, 0.2) is 0 Å².